The number of aliphatic hydroxyl groups excluding tert-OH is 1. The summed E-state index contributed by atoms with van der Waals surface area (Å²) in [5.74, 6) is 5.96. The van der Waals surface area contributed by atoms with E-state index >= 15 is 0 Å². The zero-order valence-electron chi connectivity index (χ0n) is 5.90. The highest BCUT2D eigenvalue weighted by Crippen LogP contribution is 2.80. The van der Waals surface area contributed by atoms with Crippen LogP contribution in [0, 0.1) is 35.5 Å². The molecule has 0 aromatic carbocycles. The number of hydrogen-bond acceptors (Lipinski definition) is 1. The average Bonchev–Trinajstić information content (AvgIpc) is 2.72. The Labute approximate surface area is 60.4 Å². The van der Waals surface area contributed by atoms with Crippen LogP contribution in [-0.4, -0.2) is 11.2 Å². The van der Waals surface area contributed by atoms with Gasteiger partial charge in [0.1, 0.15) is 0 Å². The van der Waals surface area contributed by atoms with E-state index < -0.39 is 0 Å². The fourth-order valence-corrected chi connectivity index (χ4v) is 4.29. The third-order valence-electron chi connectivity index (χ3n) is 4.64. The molecule has 0 bridgehead atoms. The Balaban J connectivity index is 1.84. The maximum absolute atomic E-state index is 9.61. The molecule has 0 aromatic heterocycles. The number of hydrogen-bond donors (Lipinski definition) is 1. The predicted octanol–water partition coefficient (Wildman–Crippen LogP) is 0.879. The minimum absolute atomic E-state index is 0.115. The summed E-state index contributed by atoms with van der Waals surface area (Å²) in [5, 5.41) is 9.61. The summed E-state index contributed by atoms with van der Waals surface area (Å²) < 4.78 is 0. The van der Waals surface area contributed by atoms with E-state index in [0.717, 1.165) is 41.9 Å². The molecule has 0 aliphatic heterocycles. The smallest absolute Gasteiger partial charge is 0.0576 e. The van der Waals surface area contributed by atoms with Crippen LogP contribution in [0.25, 0.3) is 0 Å². The third kappa shape index (κ3) is 0.298. The van der Waals surface area contributed by atoms with Gasteiger partial charge in [0, 0.05) is 0 Å². The minimum Gasteiger partial charge on any atom is -0.393 e. The lowest BCUT2D eigenvalue weighted by Crippen LogP contribution is -2.16. The number of rotatable bonds is 0. The third-order valence-corrected chi connectivity index (χ3v) is 4.64. The van der Waals surface area contributed by atoms with Gasteiger partial charge in [-0.05, 0) is 48.3 Å². The van der Waals surface area contributed by atoms with Crippen molar-refractivity contribution in [3.05, 3.63) is 0 Å². The first-order chi connectivity index (χ1) is 4.88. The Morgan fingerprint density at radius 1 is 0.800 bits per heavy atom. The van der Waals surface area contributed by atoms with E-state index in [1.807, 2.05) is 0 Å². The van der Waals surface area contributed by atoms with E-state index in [-0.39, 0.29) is 6.10 Å². The zero-order chi connectivity index (χ0) is 6.46. The van der Waals surface area contributed by atoms with Crippen LogP contribution in [0.2, 0.25) is 0 Å². The van der Waals surface area contributed by atoms with Gasteiger partial charge in [-0.15, -0.1) is 0 Å². The molecule has 0 amide bonds. The summed E-state index contributed by atoms with van der Waals surface area (Å²) in [6.45, 7) is 0. The van der Waals surface area contributed by atoms with Crippen molar-refractivity contribution in [2.45, 2.75) is 18.9 Å². The molecule has 7 atom stereocenters. The van der Waals surface area contributed by atoms with Crippen molar-refractivity contribution in [2.75, 3.05) is 0 Å². The highest BCUT2D eigenvalue weighted by Gasteiger charge is 2.77. The van der Waals surface area contributed by atoms with E-state index in [2.05, 4.69) is 0 Å². The molecule has 0 aromatic rings. The van der Waals surface area contributed by atoms with Crippen molar-refractivity contribution >= 4 is 0 Å². The molecule has 0 radical (unpaired) electrons. The molecular weight excluding hydrogens is 124 g/mol. The van der Waals surface area contributed by atoms with Gasteiger partial charge in [0.05, 0.1) is 6.10 Å². The molecule has 0 heterocycles. The molecule has 4 rings (SSSR count). The molecule has 1 heteroatoms. The van der Waals surface area contributed by atoms with Gasteiger partial charge in [0.2, 0.25) is 0 Å². The van der Waals surface area contributed by atoms with Gasteiger partial charge in [0.15, 0.2) is 0 Å². The van der Waals surface area contributed by atoms with E-state index in [1.54, 1.807) is 0 Å². The highest BCUT2D eigenvalue weighted by molar-refractivity contribution is 5.25. The number of fused-ring (bicyclic) bond motifs is 2. The molecule has 4 saturated carbocycles. The fourth-order valence-electron chi connectivity index (χ4n) is 4.29. The molecule has 1 N–H and O–H groups in total. The molecule has 0 saturated heterocycles. The first-order valence-electron chi connectivity index (χ1n) is 4.56. The molecule has 4 aliphatic rings. The molecule has 10 heavy (non-hydrogen) atoms. The van der Waals surface area contributed by atoms with Crippen molar-refractivity contribution < 1.29 is 5.11 Å². The summed E-state index contributed by atoms with van der Waals surface area (Å²) in [6, 6.07) is 0. The lowest BCUT2D eigenvalue weighted by atomic mass is 9.98. The van der Waals surface area contributed by atoms with Gasteiger partial charge in [-0.1, -0.05) is 0 Å². The maximum atomic E-state index is 9.61. The molecular formula is C9H12O. The topological polar surface area (TPSA) is 20.2 Å². The summed E-state index contributed by atoms with van der Waals surface area (Å²) in [6.07, 6.45) is 2.76. The van der Waals surface area contributed by atoms with Crippen LogP contribution in [0.5, 0.6) is 0 Å². The molecule has 1 nitrogen and oxygen atoms in total. The second-order valence-corrected chi connectivity index (χ2v) is 4.76. The molecule has 7 unspecified atom stereocenters. The Hall–Kier alpha value is -0.0400. The first-order valence-corrected chi connectivity index (χ1v) is 4.56. The van der Waals surface area contributed by atoms with Crippen LogP contribution in [0.4, 0.5) is 0 Å². The summed E-state index contributed by atoms with van der Waals surface area (Å²) in [5.41, 5.74) is 0. The van der Waals surface area contributed by atoms with Crippen molar-refractivity contribution in [1.82, 2.24) is 0 Å². The van der Waals surface area contributed by atoms with Crippen LogP contribution in [0.15, 0.2) is 0 Å². The second-order valence-electron chi connectivity index (χ2n) is 4.76. The zero-order valence-corrected chi connectivity index (χ0v) is 5.90. The van der Waals surface area contributed by atoms with Crippen LogP contribution in [0.1, 0.15) is 12.8 Å². The van der Waals surface area contributed by atoms with Crippen molar-refractivity contribution in [3.63, 3.8) is 0 Å². The minimum atomic E-state index is 0.115. The molecule has 54 valence electrons. The Kier molecular flexibility index (Phi) is 0.513. The van der Waals surface area contributed by atoms with Gasteiger partial charge in [-0.25, -0.2) is 0 Å². The summed E-state index contributed by atoms with van der Waals surface area (Å²) in [4.78, 5) is 0. The van der Waals surface area contributed by atoms with Crippen molar-refractivity contribution in [3.8, 4) is 0 Å². The van der Waals surface area contributed by atoms with E-state index in [1.165, 1.54) is 6.42 Å². The lowest BCUT2D eigenvalue weighted by molar-refractivity contribution is 0.109. The van der Waals surface area contributed by atoms with Crippen LogP contribution < -0.4 is 0 Å². The lowest BCUT2D eigenvalue weighted by Gasteiger charge is -2.13. The average molecular weight is 136 g/mol. The van der Waals surface area contributed by atoms with Crippen LogP contribution in [0.3, 0.4) is 0 Å². The van der Waals surface area contributed by atoms with Crippen molar-refractivity contribution in [2.24, 2.45) is 35.5 Å². The van der Waals surface area contributed by atoms with Gasteiger partial charge in [-0.2, -0.15) is 0 Å². The highest BCUT2D eigenvalue weighted by atomic mass is 16.3. The molecule has 0 spiro atoms. The Morgan fingerprint density at radius 2 is 1.60 bits per heavy atom. The fraction of sp³-hybridized carbons (Fsp3) is 1.00. The SMILES string of the molecule is OC1CC2C3CC4C1C4C23. The normalized spacial score (nSPS) is 80.7. The molecule has 4 aliphatic carbocycles. The second kappa shape index (κ2) is 1.08. The summed E-state index contributed by atoms with van der Waals surface area (Å²) in [7, 11) is 0. The quantitative estimate of drug-likeness (QED) is 0.524. The standard InChI is InChI=1S/C9H12O/c10-6-2-4-3-1-5-8(6)9(5)7(3)4/h3-10H,1-2H2. The number of aliphatic hydroxyl groups is 1. The predicted molar refractivity (Wildman–Crippen MR) is 36.2 cm³/mol. The van der Waals surface area contributed by atoms with E-state index in [0.29, 0.717) is 0 Å². The van der Waals surface area contributed by atoms with Gasteiger partial charge in [0.25, 0.3) is 0 Å². The van der Waals surface area contributed by atoms with Gasteiger partial charge in [-0.3, -0.25) is 0 Å². The van der Waals surface area contributed by atoms with Gasteiger partial charge >= 0.3 is 0 Å². The monoisotopic (exact) mass is 136 g/mol. The Bertz CT molecular complexity index is 206. The molecule has 4 fully saturated rings. The van der Waals surface area contributed by atoms with E-state index in [4.69, 9.17) is 0 Å². The maximum Gasteiger partial charge on any atom is 0.0576 e. The first kappa shape index (κ1) is 4.76. The van der Waals surface area contributed by atoms with Gasteiger partial charge < -0.3 is 5.11 Å². The summed E-state index contributed by atoms with van der Waals surface area (Å²) >= 11 is 0. The van der Waals surface area contributed by atoms with Crippen LogP contribution in [-0.2, 0) is 0 Å². The van der Waals surface area contributed by atoms with Crippen LogP contribution >= 0.6 is 0 Å². The Morgan fingerprint density at radius 3 is 2.50 bits per heavy atom. The largest absolute Gasteiger partial charge is 0.393 e. The van der Waals surface area contributed by atoms with Crippen molar-refractivity contribution in [1.29, 1.82) is 0 Å². The van der Waals surface area contributed by atoms with E-state index in [9.17, 15) is 5.11 Å².